The lowest BCUT2D eigenvalue weighted by Crippen LogP contribution is -2.33. The van der Waals surface area contributed by atoms with Gasteiger partial charge in [0.1, 0.15) is 0 Å². The van der Waals surface area contributed by atoms with Crippen LogP contribution in [0.2, 0.25) is 0 Å². The first-order valence-corrected chi connectivity index (χ1v) is 6.60. The predicted octanol–water partition coefficient (Wildman–Crippen LogP) is 0.976. The third kappa shape index (κ3) is 2.37. The summed E-state index contributed by atoms with van der Waals surface area (Å²) in [4.78, 5) is 14.5. The molecule has 3 heterocycles. The average molecular weight is 285 g/mol. The second-order valence-corrected chi connectivity index (χ2v) is 5.67. The van der Waals surface area contributed by atoms with Gasteiger partial charge in [0.15, 0.2) is 0 Å². The fraction of sp³-hybridized carbons (Fsp3) is 0.692. The lowest BCUT2D eigenvalue weighted by Gasteiger charge is -2.22. The summed E-state index contributed by atoms with van der Waals surface area (Å²) < 4.78 is 1.76. The summed E-state index contributed by atoms with van der Waals surface area (Å²) in [5.74, 6) is 0.143. The Morgan fingerprint density at radius 3 is 2.84 bits per heavy atom. The fourth-order valence-corrected chi connectivity index (χ4v) is 3.13. The third-order valence-electron chi connectivity index (χ3n) is 4.52. The van der Waals surface area contributed by atoms with Crippen molar-refractivity contribution in [1.82, 2.24) is 20.0 Å². The smallest absolute Gasteiger partial charge is 0.257 e. The average Bonchev–Trinajstić information content (AvgIpc) is 3.05. The molecule has 2 fully saturated rings. The molecule has 2 aliphatic rings. The van der Waals surface area contributed by atoms with Gasteiger partial charge in [0, 0.05) is 37.8 Å². The number of hydrogen-bond donors (Lipinski definition) is 1. The summed E-state index contributed by atoms with van der Waals surface area (Å²) in [6.07, 6.45) is 4.02. The molecular weight excluding hydrogens is 264 g/mol. The molecule has 6 heteroatoms. The molecule has 1 unspecified atom stereocenters. The molecule has 19 heavy (non-hydrogen) atoms. The summed E-state index contributed by atoms with van der Waals surface area (Å²) >= 11 is 0. The lowest BCUT2D eigenvalue weighted by atomic mass is 9.86. The predicted molar refractivity (Wildman–Crippen MR) is 75.6 cm³/mol. The molecule has 0 radical (unpaired) electrons. The van der Waals surface area contributed by atoms with Gasteiger partial charge < -0.3 is 10.2 Å². The van der Waals surface area contributed by atoms with Gasteiger partial charge in [-0.15, -0.1) is 12.4 Å². The van der Waals surface area contributed by atoms with Crippen LogP contribution in [-0.2, 0) is 7.05 Å². The quantitative estimate of drug-likeness (QED) is 0.836. The number of nitrogens with one attached hydrogen (secondary N) is 1. The van der Waals surface area contributed by atoms with E-state index in [0.717, 1.165) is 43.9 Å². The molecule has 1 aromatic rings. The second kappa shape index (κ2) is 5.13. The molecule has 1 atom stereocenters. The molecule has 1 aromatic heterocycles. The highest BCUT2D eigenvalue weighted by molar-refractivity contribution is 5.95. The number of hydrogen-bond acceptors (Lipinski definition) is 3. The maximum Gasteiger partial charge on any atom is 0.257 e. The van der Waals surface area contributed by atoms with Crippen LogP contribution in [0.4, 0.5) is 0 Å². The van der Waals surface area contributed by atoms with Crippen LogP contribution in [0.5, 0.6) is 0 Å². The van der Waals surface area contributed by atoms with Crippen LogP contribution in [-0.4, -0.2) is 46.8 Å². The Labute approximate surface area is 119 Å². The maximum absolute atomic E-state index is 12.5. The summed E-state index contributed by atoms with van der Waals surface area (Å²) in [5.41, 5.74) is 2.04. The number of carbonyl (C=O) groups excluding carboxylic acids is 1. The Kier molecular flexibility index (Phi) is 3.87. The van der Waals surface area contributed by atoms with Crippen LogP contribution in [0.25, 0.3) is 0 Å². The Balaban J connectivity index is 0.00000133. The van der Waals surface area contributed by atoms with Crippen molar-refractivity contribution >= 4 is 18.3 Å². The number of halogens is 1. The minimum absolute atomic E-state index is 0. The minimum Gasteiger partial charge on any atom is -0.338 e. The van der Waals surface area contributed by atoms with Gasteiger partial charge in [-0.3, -0.25) is 9.48 Å². The van der Waals surface area contributed by atoms with E-state index in [9.17, 15) is 4.79 Å². The number of nitrogens with zero attached hydrogens (tertiary/aromatic N) is 3. The van der Waals surface area contributed by atoms with Crippen molar-refractivity contribution < 1.29 is 4.79 Å². The van der Waals surface area contributed by atoms with Gasteiger partial charge in [-0.05, 0) is 26.3 Å². The second-order valence-electron chi connectivity index (χ2n) is 5.67. The summed E-state index contributed by atoms with van der Waals surface area (Å²) in [7, 11) is 1.87. The zero-order chi connectivity index (χ0) is 12.8. The highest BCUT2D eigenvalue weighted by atomic mass is 35.5. The minimum atomic E-state index is 0. The summed E-state index contributed by atoms with van der Waals surface area (Å²) in [5, 5.41) is 7.57. The largest absolute Gasteiger partial charge is 0.338 e. The molecule has 1 N–H and O–H groups in total. The molecule has 1 amide bonds. The summed E-state index contributed by atoms with van der Waals surface area (Å²) in [6, 6.07) is 0. The van der Waals surface area contributed by atoms with Crippen LogP contribution in [0, 0.1) is 12.3 Å². The Bertz CT molecular complexity index is 479. The van der Waals surface area contributed by atoms with E-state index in [2.05, 4.69) is 10.4 Å². The van der Waals surface area contributed by atoms with Gasteiger partial charge in [-0.2, -0.15) is 5.10 Å². The zero-order valence-corrected chi connectivity index (χ0v) is 12.3. The molecule has 0 saturated carbocycles. The topological polar surface area (TPSA) is 50.2 Å². The molecule has 0 aliphatic carbocycles. The van der Waals surface area contributed by atoms with E-state index >= 15 is 0 Å². The molecule has 2 aliphatic heterocycles. The number of amides is 1. The first-order valence-electron chi connectivity index (χ1n) is 6.60. The van der Waals surface area contributed by atoms with Crippen molar-refractivity contribution in [1.29, 1.82) is 0 Å². The van der Waals surface area contributed by atoms with Gasteiger partial charge in [0.05, 0.1) is 11.8 Å². The van der Waals surface area contributed by atoms with Gasteiger partial charge in [-0.25, -0.2) is 0 Å². The van der Waals surface area contributed by atoms with E-state index < -0.39 is 0 Å². The Hall–Kier alpha value is -1.07. The van der Waals surface area contributed by atoms with Crippen molar-refractivity contribution in [3.8, 4) is 0 Å². The number of aromatic nitrogens is 2. The number of carbonyl (C=O) groups is 1. The van der Waals surface area contributed by atoms with Gasteiger partial charge >= 0.3 is 0 Å². The SMILES string of the molecule is Cc1c(C(=O)N2CCC3(CCNC3)C2)cnn1C.Cl. The van der Waals surface area contributed by atoms with E-state index in [-0.39, 0.29) is 18.3 Å². The molecule has 0 aromatic carbocycles. The number of aryl methyl sites for hydroxylation is 1. The van der Waals surface area contributed by atoms with Crippen molar-refractivity contribution in [2.45, 2.75) is 19.8 Å². The molecule has 1 spiro atoms. The molecule has 106 valence electrons. The van der Waals surface area contributed by atoms with Crippen LogP contribution >= 0.6 is 12.4 Å². The first kappa shape index (κ1) is 14.3. The normalized spacial score (nSPS) is 25.9. The molecular formula is C13H21ClN4O. The molecule has 3 rings (SSSR count). The van der Waals surface area contributed by atoms with Crippen molar-refractivity contribution in [3.05, 3.63) is 17.5 Å². The van der Waals surface area contributed by atoms with Gasteiger partial charge in [0.25, 0.3) is 5.91 Å². The number of likely N-dealkylation sites (tertiary alicyclic amines) is 1. The highest BCUT2D eigenvalue weighted by Crippen LogP contribution is 2.36. The molecule has 5 nitrogen and oxygen atoms in total. The molecule has 2 saturated heterocycles. The van der Waals surface area contributed by atoms with Crippen LogP contribution in [0.1, 0.15) is 28.9 Å². The van der Waals surface area contributed by atoms with Gasteiger partial charge in [0.2, 0.25) is 0 Å². The Morgan fingerprint density at radius 1 is 1.47 bits per heavy atom. The van der Waals surface area contributed by atoms with E-state index in [1.807, 2.05) is 18.9 Å². The highest BCUT2D eigenvalue weighted by Gasteiger charge is 2.42. The van der Waals surface area contributed by atoms with Crippen LogP contribution in [0.15, 0.2) is 6.20 Å². The van der Waals surface area contributed by atoms with Crippen molar-refractivity contribution in [2.24, 2.45) is 12.5 Å². The monoisotopic (exact) mass is 284 g/mol. The first-order chi connectivity index (χ1) is 8.61. The van der Waals surface area contributed by atoms with E-state index in [1.165, 1.54) is 6.42 Å². The van der Waals surface area contributed by atoms with Crippen LogP contribution < -0.4 is 5.32 Å². The van der Waals surface area contributed by atoms with Crippen molar-refractivity contribution in [2.75, 3.05) is 26.2 Å². The van der Waals surface area contributed by atoms with Crippen molar-refractivity contribution in [3.63, 3.8) is 0 Å². The van der Waals surface area contributed by atoms with E-state index in [0.29, 0.717) is 5.41 Å². The third-order valence-corrected chi connectivity index (χ3v) is 4.52. The summed E-state index contributed by atoms with van der Waals surface area (Å²) in [6.45, 7) is 5.88. The maximum atomic E-state index is 12.5. The van der Waals surface area contributed by atoms with E-state index in [1.54, 1.807) is 10.9 Å². The standard InChI is InChI=1S/C13H20N4O.ClH/c1-10-11(7-15-16(10)2)12(18)17-6-4-13(9-17)3-5-14-8-13;/h7,14H,3-6,8-9H2,1-2H3;1H. The van der Waals surface area contributed by atoms with Gasteiger partial charge in [-0.1, -0.05) is 0 Å². The lowest BCUT2D eigenvalue weighted by molar-refractivity contribution is 0.0775. The fourth-order valence-electron chi connectivity index (χ4n) is 3.13. The number of rotatable bonds is 1. The van der Waals surface area contributed by atoms with Crippen LogP contribution in [0.3, 0.4) is 0 Å². The molecule has 0 bridgehead atoms. The Morgan fingerprint density at radius 2 is 2.26 bits per heavy atom. The zero-order valence-electron chi connectivity index (χ0n) is 11.5. The van der Waals surface area contributed by atoms with E-state index in [4.69, 9.17) is 0 Å².